The number of ketones is 1. The number of Topliss-reactive ketones (excluding diaryl/α,β-unsaturated/α-hetero) is 1. The van der Waals surface area contributed by atoms with Gasteiger partial charge in [0.25, 0.3) is 5.91 Å². The second kappa shape index (κ2) is 6.81. The Hall–Kier alpha value is -1.46. The van der Waals surface area contributed by atoms with E-state index in [1.807, 2.05) is 13.8 Å². The molecule has 0 aromatic heterocycles. The Kier molecular flexibility index (Phi) is 5.65. The van der Waals surface area contributed by atoms with Gasteiger partial charge < -0.3 is 4.74 Å². The Labute approximate surface area is 120 Å². The number of hydrazine groups is 1. The lowest BCUT2D eigenvalue weighted by atomic mass is 10.1. The van der Waals surface area contributed by atoms with Gasteiger partial charge in [0.2, 0.25) is 0 Å². The molecule has 0 bridgehead atoms. The van der Waals surface area contributed by atoms with Crippen LogP contribution in [0.5, 0.6) is 0 Å². The van der Waals surface area contributed by atoms with Crippen molar-refractivity contribution in [3.63, 3.8) is 0 Å². The minimum absolute atomic E-state index is 0.0577. The van der Waals surface area contributed by atoms with Gasteiger partial charge in [0, 0.05) is 18.2 Å². The molecule has 5 heteroatoms. The van der Waals surface area contributed by atoms with Gasteiger partial charge in [-0.25, -0.2) is 5.01 Å². The van der Waals surface area contributed by atoms with Crippen molar-refractivity contribution in [1.82, 2.24) is 10.0 Å². The minimum atomic E-state index is -0.494. The van der Waals surface area contributed by atoms with E-state index in [1.54, 1.807) is 23.9 Å². The highest BCUT2D eigenvalue weighted by Crippen LogP contribution is 2.18. The first-order chi connectivity index (χ1) is 9.27. The van der Waals surface area contributed by atoms with E-state index in [2.05, 4.69) is 13.2 Å². The van der Waals surface area contributed by atoms with Gasteiger partial charge in [-0.3, -0.25) is 14.6 Å². The number of amides is 1. The van der Waals surface area contributed by atoms with Gasteiger partial charge in [-0.1, -0.05) is 13.2 Å². The predicted octanol–water partition coefficient (Wildman–Crippen LogP) is 1.56. The quantitative estimate of drug-likeness (QED) is 0.717. The Morgan fingerprint density at radius 3 is 2.30 bits per heavy atom. The molecule has 1 fully saturated rings. The van der Waals surface area contributed by atoms with Crippen LogP contribution in [0.25, 0.3) is 0 Å². The lowest BCUT2D eigenvalue weighted by Gasteiger charge is -2.44. The van der Waals surface area contributed by atoms with Crippen LogP contribution in [0.4, 0.5) is 0 Å². The topological polar surface area (TPSA) is 49.9 Å². The van der Waals surface area contributed by atoms with E-state index in [0.29, 0.717) is 24.3 Å². The fourth-order valence-corrected chi connectivity index (χ4v) is 2.19. The van der Waals surface area contributed by atoms with Crippen molar-refractivity contribution in [2.75, 3.05) is 19.8 Å². The van der Waals surface area contributed by atoms with E-state index in [0.717, 1.165) is 0 Å². The van der Waals surface area contributed by atoms with Crippen LogP contribution in [0.15, 0.2) is 24.3 Å². The maximum Gasteiger partial charge on any atom is 0.263 e. The molecule has 5 nitrogen and oxygen atoms in total. The van der Waals surface area contributed by atoms with E-state index in [-0.39, 0.29) is 24.3 Å². The van der Waals surface area contributed by atoms with E-state index in [9.17, 15) is 9.59 Å². The van der Waals surface area contributed by atoms with Crippen molar-refractivity contribution in [2.45, 2.75) is 39.8 Å². The van der Waals surface area contributed by atoms with Crippen LogP contribution in [0.1, 0.15) is 27.7 Å². The van der Waals surface area contributed by atoms with Crippen LogP contribution in [0, 0.1) is 0 Å². The van der Waals surface area contributed by atoms with Crippen molar-refractivity contribution in [2.24, 2.45) is 0 Å². The van der Waals surface area contributed by atoms with Crippen molar-refractivity contribution in [3.05, 3.63) is 24.3 Å². The first kappa shape index (κ1) is 16.6. The van der Waals surface area contributed by atoms with Gasteiger partial charge in [0.1, 0.15) is 6.04 Å². The molecule has 1 aliphatic rings. The number of carbonyl (C=O) groups is 2. The first-order valence-corrected chi connectivity index (χ1v) is 6.80. The molecule has 0 spiro atoms. The maximum absolute atomic E-state index is 12.3. The summed E-state index contributed by atoms with van der Waals surface area (Å²) in [6.45, 7) is 15.9. The SMILES string of the molecule is C=C(C)C(=O)C1COCCN1N(C(=O)C(=C)C)C(C)C. The van der Waals surface area contributed by atoms with Crippen molar-refractivity contribution < 1.29 is 14.3 Å². The fourth-order valence-electron chi connectivity index (χ4n) is 2.19. The smallest absolute Gasteiger partial charge is 0.263 e. The lowest BCUT2D eigenvalue weighted by molar-refractivity contribution is -0.173. The number of ether oxygens (including phenoxy) is 1. The van der Waals surface area contributed by atoms with Crippen LogP contribution in [0.3, 0.4) is 0 Å². The summed E-state index contributed by atoms with van der Waals surface area (Å²) in [5, 5.41) is 3.40. The predicted molar refractivity (Wildman–Crippen MR) is 77.9 cm³/mol. The zero-order valence-corrected chi connectivity index (χ0v) is 12.8. The van der Waals surface area contributed by atoms with E-state index in [1.165, 1.54) is 0 Å². The third-order valence-corrected chi connectivity index (χ3v) is 3.16. The molecule has 0 N–H and O–H groups in total. The summed E-state index contributed by atoms with van der Waals surface area (Å²) in [6, 6.07) is -0.551. The number of hydrogen-bond donors (Lipinski definition) is 0. The summed E-state index contributed by atoms with van der Waals surface area (Å²) in [7, 11) is 0. The molecule has 1 saturated heterocycles. The molecule has 0 aromatic carbocycles. The summed E-state index contributed by atoms with van der Waals surface area (Å²) in [6.07, 6.45) is 0. The number of nitrogens with zero attached hydrogens (tertiary/aromatic N) is 2. The van der Waals surface area contributed by atoms with E-state index < -0.39 is 6.04 Å². The molecule has 1 aliphatic heterocycles. The first-order valence-electron chi connectivity index (χ1n) is 6.80. The summed E-state index contributed by atoms with van der Waals surface area (Å²) in [4.78, 5) is 24.6. The molecule has 112 valence electrons. The number of rotatable bonds is 5. The normalized spacial score (nSPS) is 19.8. The summed E-state index contributed by atoms with van der Waals surface area (Å²) in [5.74, 6) is -0.258. The number of hydrogen-bond acceptors (Lipinski definition) is 4. The standard InChI is InChI=1S/C15H24N2O3/c1-10(2)14(18)13-9-20-8-7-16(13)17(12(5)6)15(19)11(3)4/h12-13H,1,3,7-9H2,2,4-6H3. The minimum Gasteiger partial charge on any atom is -0.378 e. The molecular weight excluding hydrogens is 256 g/mol. The summed E-state index contributed by atoms with van der Waals surface area (Å²) in [5.41, 5.74) is 0.920. The molecule has 0 aliphatic carbocycles. The zero-order valence-electron chi connectivity index (χ0n) is 12.8. The molecule has 0 aromatic rings. The average Bonchev–Trinajstić information content (AvgIpc) is 2.38. The van der Waals surface area contributed by atoms with Gasteiger partial charge >= 0.3 is 0 Å². The average molecular weight is 280 g/mol. The third kappa shape index (κ3) is 3.55. The highest BCUT2D eigenvalue weighted by molar-refractivity contribution is 5.99. The van der Waals surface area contributed by atoms with Gasteiger partial charge in [0.05, 0.1) is 13.2 Å². The van der Waals surface area contributed by atoms with Crippen molar-refractivity contribution in [3.8, 4) is 0 Å². The Balaban J connectivity index is 3.07. The van der Waals surface area contributed by atoms with Crippen LogP contribution < -0.4 is 0 Å². The zero-order chi connectivity index (χ0) is 15.4. The Morgan fingerprint density at radius 1 is 1.25 bits per heavy atom. The Bertz CT molecular complexity index is 429. The molecule has 20 heavy (non-hydrogen) atoms. The second-order valence-corrected chi connectivity index (χ2v) is 5.42. The molecule has 1 unspecified atom stereocenters. The monoisotopic (exact) mass is 280 g/mol. The van der Waals surface area contributed by atoms with Crippen molar-refractivity contribution >= 4 is 11.7 Å². The number of morpholine rings is 1. The highest BCUT2D eigenvalue weighted by atomic mass is 16.5. The molecule has 1 atom stereocenters. The van der Waals surface area contributed by atoms with E-state index in [4.69, 9.17) is 4.74 Å². The third-order valence-electron chi connectivity index (χ3n) is 3.16. The molecule has 0 radical (unpaired) electrons. The van der Waals surface area contributed by atoms with Crippen LogP contribution in [-0.2, 0) is 14.3 Å². The largest absolute Gasteiger partial charge is 0.378 e. The van der Waals surface area contributed by atoms with Gasteiger partial charge in [-0.15, -0.1) is 0 Å². The fraction of sp³-hybridized carbons (Fsp3) is 0.600. The van der Waals surface area contributed by atoms with E-state index >= 15 is 0 Å². The molecule has 1 rings (SSSR count). The van der Waals surface area contributed by atoms with Crippen LogP contribution in [-0.4, -0.2) is 53.6 Å². The summed E-state index contributed by atoms with van der Waals surface area (Å²) < 4.78 is 5.39. The number of carbonyl (C=O) groups excluding carboxylic acids is 2. The highest BCUT2D eigenvalue weighted by Gasteiger charge is 2.36. The van der Waals surface area contributed by atoms with Gasteiger partial charge in [0.15, 0.2) is 5.78 Å². The van der Waals surface area contributed by atoms with Crippen molar-refractivity contribution in [1.29, 1.82) is 0 Å². The molecule has 1 heterocycles. The molecule has 1 amide bonds. The summed E-state index contributed by atoms with van der Waals surface area (Å²) >= 11 is 0. The van der Waals surface area contributed by atoms with Gasteiger partial charge in [-0.05, 0) is 33.3 Å². The van der Waals surface area contributed by atoms with Crippen LogP contribution >= 0.6 is 0 Å². The van der Waals surface area contributed by atoms with Crippen LogP contribution in [0.2, 0.25) is 0 Å². The molecular formula is C15H24N2O3. The Morgan fingerprint density at radius 2 is 1.85 bits per heavy atom. The maximum atomic E-state index is 12.3. The molecule has 0 saturated carbocycles. The lowest BCUT2D eigenvalue weighted by Crippen LogP contribution is -2.61. The van der Waals surface area contributed by atoms with Gasteiger partial charge in [-0.2, -0.15) is 0 Å². The second-order valence-electron chi connectivity index (χ2n) is 5.42.